The Kier molecular flexibility index (Phi) is 3.97. The van der Waals surface area contributed by atoms with Crippen molar-refractivity contribution in [2.24, 2.45) is 0 Å². The first kappa shape index (κ1) is 13.3. The number of carbonyl (C=O) groups is 1. The van der Waals surface area contributed by atoms with Gasteiger partial charge in [-0.1, -0.05) is 35.5 Å². The minimum Gasteiger partial charge on any atom is -0.462 e. The van der Waals surface area contributed by atoms with Gasteiger partial charge in [0.25, 0.3) is 0 Å². The molecule has 0 saturated heterocycles. The summed E-state index contributed by atoms with van der Waals surface area (Å²) in [4.78, 5) is 12.0. The molecule has 5 nitrogen and oxygen atoms in total. The van der Waals surface area contributed by atoms with Gasteiger partial charge in [0, 0.05) is 5.56 Å². The van der Waals surface area contributed by atoms with Gasteiger partial charge < -0.3 is 14.4 Å². The van der Waals surface area contributed by atoms with Gasteiger partial charge in [-0.05, 0) is 13.8 Å². The molecule has 0 saturated carbocycles. The third kappa shape index (κ3) is 2.66. The van der Waals surface area contributed by atoms with Crippen LogP contribution < -0.4 is 0 Å². The molecule has 5 heteroatoms. The van der Waals surface area contributed by atoms with E-state index >= 15 is 0 Å². The van der Waals surface area contributed by atoms with Crippen LogP contribution in [0.25, 0.3) is 11.3 Å². The Morgan fingerprint density at radius 3 is 2.68 bits per heavy atom. The molecule has 0 spiro atoms. The standard InChI is InChI=1S/C14H15NO4/c1-3-18-14(17)11-12(10-7-5-4-6-8-10)15-19-13(11)9(2)16/h4-9,16H,3H2,1-2H3/t9-/m1/s1. The van der Waals surface area contributed by atoms with Crippen LogP contribution in [0.1, 0.15) is 36.1 Å². The number of carbonyl (C=O) groups excluding carboxylic acids is 1. The molecule has 0 aliphatic heterocycles. The summed E-state index contributed by atoms with van der Waals surface area (Å²) < 4.78 is 10.1. The molecule has 0 radical (unpaired) electrons. The highest BCUT2D eigenvalue weighted by atomic mass is 16.5. The largest absolute Gasteiger partial charge is 0.462 e. The number of esters is 1. The minimum atomic E-state index is -0.927. The molecule has 1 aromatic carbocycles. The number of aliphatic hydroxyl groups is 1. The van der Waals surface area contributed by atoms with Gasteiger partial charge in [0.1, 0.15) is 17.4 Å². The maximum absolute atomic E-state index is 12.0. The van der Waals surface area contributed by atoms with Gasteiger partial charge in [-0.15, -0.1) is 0 Å². The summed E-state index contributed by atoms with van der Waals surface area (Å²) in [5.41, 5.74) is 1.30. The molecule has 0 amide bonds. The van der Waals surface area contributed by atoms with Crippen molar-refractivity contribution in [3.63, 3.8) is 0 Å². The van der Waals surface area contributed by atoms with E-state index < -0.39 is 12.1 Å². The number of hydrogen-bond acceptors (Lipinski definition) is 5. The third-order valence-corrected chi connectivity index (χ3v) is 2.62. The van der Waals surface area contributed by atoms with Gasteiger partial charge in [0.15, 0.2) is 5.76 Å². The van der Waals surface area contributed by atoms with E-state index in [-0.39, 0.29) is 17.9 Å². The van der Waals surface area contributed by atoms with E-state index in [2.05, 4.69) is 5.16 Å². The lowest BCUT2D eigenvalue weighted by Gasteiger charge is -2.05. The number of ether oxygens (including phenoxy) is 1. The second kappa shape index (κ2) is 5.67. The number of hydrogen-bond donors (Lipinski definition) is 1. The van der Waals surface area contributed by atoms with Crippen LogP contribution in [0.4, 0.5) is 0 Å². The fourth-order valence-electron chi connectivity index (χ4n) is 1.78. The molecule has 2 rings (SSSR count). The van der Waals surface area contributed by atoms with E-state index in [1.54, 1.807) is 6.92 Å². The molecule has 2 aromatic rings. The van der Waals surface area contributed by atoms with Gasteiger partial charge in [0.2, 0.25) is 0 Å². The van der Waals surface area contributed by atoms with Crippen molar-refractivity contribution in [3.05, 3.63) is 41.7 Å². The molecule has 0 aliphatic carbocycles. The summed E-state index contributed by atoms with van der Waals surface area (Å²) in [7, 11) is 0. The molecule has 1 atom stereocenters. The van der Waals surface area contributed by atoms with Crippen molar-refractivity contribution in [1.29, 1.82) is 0 Å². The average molecular weight is 261 g/mol. The third-order valence-electron chi connectivity index (χ3n) is 2.62. The van der Waals surface area contributed by atoms with Crippen LogP contribution >= 0.6 is 0 Å². The minimum absolute atomic E-state index is 0.123. The topological polar surface area (TPSA) is 72.6 Å². The lowest BCUT2D eigenvalue weighted by Crippen LogP contribution is -2.09. The number of rotatable bonds is 4. The first-order valence-electron chi connectivity index (χ1n) is 6.05. The van der Waals surface area contributed by atoms with Crippen molar-refractivity contribution in [3.8, 4) is 11.3 Å². The molecule has 0 fully saturated rings. The summed E-state index contributed by atoms with van der Waals surface area (Å²) in [5, 5.41) is 13.5. The van der Waals surface area contributed by atoms with Crippen LogP contribution in [-0.2, 0) is 4.74 Å². The predicted octanol–water partition coefficient (Wildman–Crippen LogP) is 2.57. The highest BCUT2D eigenvalue weighted by molar-refractivity contribution is 5.97. The zero-order valence-corrected chi connectivity index (χ0v) is 10.8. The van der Waals surface area contributed by atoms with Gasteiger partial charge in [-0.3, -0.25) is 0 Å². The maximum atomic E-state index is 12.0. The van der Waals surface area contributed by atoms with Crippen LogP contribution in [0.5, 0.6) is 0 Å². The van der Waals surface area contributed by atoms with Crippen molar-refractivity contribution in [1.82, 2.24) is 5.16 Å². The number of nitrogens with zero attached hydrogens (tertiary/aromatic N) is 1. The second-order valence-corrected chi connectivity index (χ2v) is 4.03. The lowest BCUT2D eigenvalue weighted by molar-refractivity contribution is 0.0516. The van der Waals surface area contributed by atoms with Crippen LogP contribution in [0.2, 0.25) is 0 Å². The fraction of sp³-hybridized carbons (Fsp3) is 0.286. The lowest BCUT2D eigenvalue weighted by atomic mass is 10.0. The summed E-state index contributed by atoms with van der Waals surface area (Å²) in [6, 6.07) is 9.16. The van der Waals surface area contributed by atoms with Gasteiger partial charge in [0.05, 0.1) is 6.61 Å². The first-order chi connectivity index (χ1) is 9.15. The quantitative estimate of drug-likeness (QED) is 0.856. The number of aliphatic hydroxyl groups excluding tert-OH is 1. The molecule has 1 N–H and O–H groups in total. The maximum Gasteiger partial charge on any atom is 0.344 e. The van der Waals surface area contributed by atoms with Crippen molar-refractivity contribution < 1.29 is 19.2 Å². The zero-order valence-electron chi connectivity index (χ0n) is 10.8. The molecule has 100 valence electrons. The van der Waals surface area contributed by atoms with Gasteiger partial charge in [-0.25, -0.2) is 4.79 Å². The summed E-state index contributed by atoms with van der Waals surface area (Å²) >= 11 is 0. The Balaban J connectivity index is 2.53. The summed E-state index contributed by atoms with van der Waals surface area (Å²) in [6.45, 7) is 3.48. The van der Waals surface area contributed by atoms with E-state index in [0.717, 1.165) is 5.56 Å². The van der Waals surface area contributed by atoms with E-state index in [1.165, 1.54) is 6.92 Å². The SMILES string of the molecule is CCOC(=O)c1c(-c2ccccc2)noc1[C@@H](C)O. The van der Waals surface area contributed by atoms with Crippen molar-refractivity contribution in [2.45, 2.75) is 20.0 Å². The number of aromatic nitrogens is 1. The summed E-state index contributed by atoms with van der Waals surface area (Å²) in [6.07, 6.45) is -0.927. The molecule has 1 heterocycles. The second-order valence-electron chi connectivity index (χ2n) is 4.03. The van der Waals surface area contributed by atoms with Crippen molar-refractivity contribution in [2.75, 3.05) is 6.61 Å². The smallest absolute Gasteiger partial charge is 0.344 e. The Morgan fingerprint density at radius 2 is 2.11 bits per heavy atom. The van der Waals surface area contributed by atoms with E-state index in [0.29, 0.717) is 5.69 Å². The summed E-state index contributed by atoms with van der Waals surface area (Å²) in [5.74, 6) is -0.421. The molecular weight excluding hydrogens is 246 g/mol. The average Bonchev–Trinajstić information content (AvgIpc) is 2.85. The first-order valence-corrected chi connectivity index (χ1v) is 6.05. The highest BCUT2D eigenvalue weighted by Crippen LogP contribution is 2.29. The number of benzene rings is 1. The zero-order chi connectivity index (χ0) is 13.8. The van der Waals surface area contributed by atoms with Crippen LogP contribution in [0.15, 0.2) is 34.9 Å². The monoisotopic (exact) mass is 261 g/mol. The van der Waals surface area contributed by atoms with Crippen LogP contribution in [-0.4, -0.2) is 22.8 Å². The van der Waals surface area contributed by atoms with E-state index in [1.807, 2.05) is 30.3 Å². The van der Waals surface area contributed by atoms with E-state index in [4.69, 9.17) is 9.26 Å². The predicted molar refractivity (Wildman–Crippen MR) is 68.5 cm³/mol. The van der Waals surface area contributed by atoms with Crippen LogP contribution in [0.3, 0.4) is 0 Å². The molecule has 19 heavy (non-hydrogen) atoms. The highest BCUT2D eigenvalue weighted by Gasteiger charge is 2.27. The molecule has 0 unspecified atom stereocenters. The fourth-order valence-corrected chi connectivity index (χ4v) is 1.78. The van der Waals surface area contributed by atoms with Gasteiger partial charge >= 0.3 is 5.97 Å². The van der Waals surface area contributed by atoms with Crippen molar-refractivity contribution >= 4 is 5.97 Å². The van der Waals surface area contributed by atoms with Crippen LogP contribution in [0, 0.1) is 0 Å². The Bertz CT molecular complexity index is 560. The van der Waals surface area contributed by atoms with E-state index in [9.17, 15) is 9.90 Å². The molecular formula is C14H15NO4. The normalized spacial score (nSPS) is 12.2. The molecule has 0 bridgehead atoms. The Hall–Kier alpha value is -2.14. The molecule has 1 aromatic heterocycles. The van der Waals surface area contributed by atoms with Gasteiger partial charge in [-0.2, -0.15) is 0 Å². The Morgan fingerprint density at radius 1 is 1.42 bits per heavy atom. The molecule has 0 aliphatic rings. The Labute approximate surface area is 110 Å².